The molecule has 0 aliphatic rings. The molecule has 1 amide bonds. The van der Waals surface area contributed by atoms with Gasteiger partial charge in [0, 0.05) is 0 Å². The third kappa shape index (κ3) is 7.99. The molecular weight excluding hydrogens is 342 g/mol. The Bertz CT molecular complexity index is 496. The number of rotatable bonds is 12. The molecule has 0 heterocycles. The second-order valence-electron chi connectivity index (χ2n) is 6.72. The Kier molecular flexibility index (Phi) is 10.1. The largest absolute Gasteiger partial charge is 0.481 e. The van der Waals surface area contributed by atoms with Crippen molar-refractivity contribution in [3.63, 3.8) is 0 Å². The quantitative estimate of drug-likeness (QED) is 0.400. The lowest BCUT2D eigenvalue weighted by atomic mass is 9.93. The van der Waals surface area contributed by atoms with Gasteiger partial charge in [0.2, 0.25) is 0 Å². The maximum Gasteiger partial charge on any atom is 0.413 e. The first-order valence-corrected chi connectivity index (χ1v) is 8.26. The van der Waals surface area contributed by atoms with Gasteiger partial charge in [-0.05, 0) is 34.6 Å². The molecule has 0 aromatic carbocycles. The van der Waals surface area contributed by atoms with Crippen LogP contribution in [0.1, 0.15) is 34.6 Å². The first-order valence-electron chi connectivity index (χ1n) is 8.26. The van der Waals surface area contributed by atoms with E-state index < -0.39 is 43.1 Å². The number of carbonyl (C=O) groups excluding carboxylic acids is 1. The first-order chi connectivity index (χ1) is 11.9. The number of aliphatic hydroxyl groups excluding tert-OH is 1. The maximum absolute atomic E-state index is 12.5. The van der Waals surface area contributed by atoms with Crippen LogP contribution < -0.4 is 0 Å². The van der Waals surface area contributed by atoms with Gasteiger partial charge >= 0.3 is 12.1 Å². The predicted octanol–water partition coefficient (Wildman–Crippen LogP) is 2.39. The van der Waals surface area contributed by atoms with E-state index in [-0.39, 0.29) is 13.2 Å². The van der Waals surface area contributed by atoms with Crippen molar-refractivity contribution in [3.8, 4) is 0 Å². The average molecular weight is 373 g/mol. The Balaban J connectivity index is 5.16. The van der Waals surface area contributed by atoms with Crippen molar-refractivity contribution in [1.29, 1.82) is 0 Å². The Hall–Kier alpha value is -1.90. The topological polar surface area (TPSA) is 106 Å². The van der Waals surface area contributed by atoms with Crippen molar-refractivity contribution in [2.24, 2.45) is 5.41 Å². The summed E-state index contributed by atoms with van der Waals surface area (Å²) in [6.45, 7) is 14.9. The fourth-order valence-electron chi connectivity index (χ4n) is 1.75. The number of aliphatic hydroxyl groups is 1. The van der Waals surface area contributed by atoms with Crippen LogP contribution in [-0.2, 0) is 19.0 Å². The zero-order chi connectivity index (χ0) is 20.5. The smallest absolute Gasteiger partial charge is 0.413 e. The summed E-state index contributed by atoms with van der Waals surface area (Å²) >= 11 is 0. The number of amides is 1. The predicted molar refractivity (Wildman–Crippen MR) is 96.5 cm³/mol. The third-order valence-electron chi connectivity index (χ3n) is 3.52. The van der Waals surface area contributed by atoms with Gasteiger partial charge in [0.1, 0.15) is 24.5 Å². The Morgan fingerprint density at radius 1 is 1.08 bits per heavy atom. The van der Waals surface area contributed by atoms with Gasteiger partial charge in [-0.25, -0.2) is 4.79 Å². The lowest BCUT2D eigenvalue weighted by Gasteiger charge is -2.34. The minimum absolute atomic E-state index is 0.238. The molecule has 3 atom stereocenters. The highest BCUT2D eigenvalue weighted by atomic mass is 16.6. The molecule has 0 saturated carbocycles. The van der Waals surface area contributed by atoms with E-state index in [9.17, 15) is 14.7 Å². The minimum Gasteiger partial charge on any atom is -0.481 e. The van der Waals surface area contributed by atoms with Gasteiger partial charge in [-0.3, -0.25) is 9.69 Å². The van der Waals surface area contributed by atoms with Crippen molar-refractivity contribution in [2.45, 2.75) is 47.1 Å². The highest BCUT2D eigenvalue weighted by Gasteiger charge is 2.36. The zero-order valence-corrected chi connectivity index (χ0v) is 16.3. The van der Waals surface area contributed by atoms with Crippen LogP contribution in [-0.4, -0.2) is 66.1 Å². The van der Waals surface area contributed by atoms with Crippen molar-refractivity contribution in [3.05, 3.63) is 24.3 Å². The molecule has 0 aliphatic carbocycles. The van der Waals surface area contributed by atoms with E-state index in [1.165, 1.54) is 11.8 Å². The maximum atomic E-state index is 12.5. The van der Waals surface area contributed by atoms with Crippen LogP contribution in [0.15, 0.2) is 24.3 Å². The molecule has 0 spiro atoms. The molecule has 0 bridgehead atoms. The second kappa shape index (κ2) is 10.9. The molecule has 8 nitrogen and oxygen atoms in total. The minimum atomic E-state index is -1.59. The number of carboxylic acids is 1. The van der Waals surface area contributed by atoms with Crippen molar-refractivity contribution in [2.75, 3.05) is 26.4 Å². The molecule has 2 N–H and O–H groups in total. The Morgan fingerprint density at radius 3 is 1.81 bits per heavy atom. The van der Waals surface area contributed by atoms with E-state index in [4.69, 9.17) is 19.3 Å². The summed E-state index contributed by atoms with van der Waals surface area (Å²) in [5.74, 6) is -1.27. The highest BCUT2D eigenvalue weighted by Crippen LogP contribution is 2.19. The molecule has 0 radical (unpaired) electrons. The fourth-order valence-corrected chi connectivity index (χ4v) is 1.75. The molecular formula is C18H31NO7. The number of hydrogen-bond donors (Lipinski definition) is 2. The molecule has 8 heteroatoms. The number of carbonyl (C=O) groups is 2. The van der Waals surface area contributed by atoms with Gasteiger partial charge in [0.15, 0.2) is 0 Å². The number of ether oxygens (including phenoxy) is 3. The van der Waals surface area contributed by atoms with Crippen LogP contribution >= 0.6 is 0 Å². The molecule has 0 aliphatic heterocycles. The molecule has 0 rings (SSSR count). The lowest BCUT2D eigenvalue weighted by molar-refractivity contribution is -0.154. The van der Waals surface area contributed by atoms with Gasteiger partial charge in [-0.1, -0.05) is 24.3 Å². The van der Waals surface area contributed by atoms with Crippen molar-refractivity contribution in [1.82, 2.24) is 4.90 Å². The molecule has 0 saturated heterocycles. The van der Waals surface area contributed by atoms with Gasteiger partial charge in [0.25, 0.3) is 0 Å². The van der Waals surface area contributed by atoms with Gasteiger partial charge in [-0.2, -0.15) is 0 Å². The van der Waals surface area contributed by atoms with Crippen LogP contribution in [0, 0.1) is 5.41 Å². The summed E-state index contributed by atoms with van der Waals surface area (Å²) in [7, 11) is 0. The summed E-state index contributed by atoms with van der Waals surface area (Å²) < 4.78 is 16.3. The van der Waals surface area contributed by atoms with Gasteiger partial charge < -0.3 is 24.4 Å². The molecule has 26 heavy (non-hydrogen) atoms. The van der Waals surface area contributed by atoms with E-state index in [0.717, 1.165) is 11.1 Å². The van der Waals surface area contributed by atoms with Crippen LogP contribution in [0.4, 0.5) is 4.79 Å². The molecule has 0 fully saturated rings. The summed E-state index contributed by atoms with van der Waals surface area (Å²) in [6.07, 6.45) is -2.22. The second-order valence-corrected chi connectivity index (χ2v) is 6.72. The molecule has 0 aromatic rings. The van der Waals surface area contributed by atoms with E-state index in [1.54, 1.807) is 27.7 Å². The van der Waals surface area contributed by atoms with Gasteiger partial charge in [-0.15, -0.1) is 0 Å². The number of hydrogen-bond acceptors (Lipinski definition) is 6. The molecule has 3 unspecified atom stereocenters. The monoisotopic (exact) mass is 373 g/mol. The average Bonchev–Trinajstić information content (AvgIpc) is 2.55. The summed E-state index contributed by atoms with van der Waals surface area (Å²) in [4.78, 5) is 25.0. The van der Waals surface area contributed by atoms with Crippen molar-refractivity contribution >= 4 is 12.1 Å². The SMILES string of the molecule is C=C(C)COC(C)N(C(=O)OCC(C)(CO)C(=O)O)C(C)OCC(=C)C. The summed E-state index contributed by atoms with van der Waals surface area (Å²) in [5, 5.41) is 18.4. The molecule has 150 valence electrons. The van der Waals surface area contributed by atoms with Crippen molar-refractivity contribution < 1.29 is 34.0 Å². The third-order valence-corrected chi connectivity index (χ3v) is 3.52. The first kappa shape index (κ1) is 24.1. The van der Waals surface area contributed by atoms with E-state index in [0.29, 0.717) is 0 Å². The summed E-state index contributed by atoms with van der Waals surface area (Å²) in [6, 6.07) is 0. The normalized spacial score (nSPS) is 15.5. The zero-order valence-electron chi connectivity index (χ0n) is 16.3. The number of nitrogens with zero attached hydrogens (tertiary/aromatic N) is 1. The van der Waals surface area contributed by atoms with Crippen LogP contribution in [0.2, 0.25) is 0 Å². The van der Waals surface area contributed by atoms with Crippen LogP contribution in [0.25, 0.3) is 0 Å². The molecule has 0 aromatic heterocycles. The number of carboxylic acid groups (broad SMARTS) is 1. The number of aliphatic carboxylic acids is 1. The fraction of sp³-hybridized carbons (Fsp3) is 0.667. The highest BCUT2D eigenvalue weighted by molar-refractivity contribution is 5.75. The van der Waals surface area contributed by atoms with E-state index in [1.807, 2.05) is 0 Å². The van der Waals surface area contributed by atoms with E-state index in [2.05, 4.69) is 13.2 Å². The Morgan fingerprint density at radius 2 is 1.50 bits per heavy atom. The van der Waals surface area contributed by atoms with Crippen LogP contribution in [0.5, 0.6) is 0 Å². The Labute approximate surface area is 155 Å². The van der Waals surface area contributed by atoms with E-state index >= 15 is 0 Å². The van der Waals surface area contributed by atoms with Crippen LogP contribution in [0.3, 0.4) is 0 Å². The summed E-state index contributed by atoms with van der Waals surface area (Å²) in [5.41, 5.74) is -0.0379. The lowest BCUT2D eigenvalue weighted by Crippen LogP contribution is -2.49. The standard InChI is InChI=1S/C18H31NO7/c1-12(2)8-24-14(5)19(15(6)25-9-13(3)4)17(23)26-11-18(7,10-20)16(21)22/h14-15,20H,1,3,8-11H2,2,4-7H3,(H,21,22). The van der Waals surface area contributed by atoms with Gasteiger partial charge in [0.05, 0.1) is 19.8 Å².